The van der Waals surface area contributed by atoms with Gasteiger partial charge in [0.05, 0.1) is 6.04 Å². The molecule has 96 valence electrons. The Hall–Kier alpha value is -1.86. The number of hydrogen-bond acceptors (Lipinski definition) is 6. The molecule has 0 amide bonds. The van der Waals surface area contributed by atoms with Crippen LogP contribution in [0.25, 0.3) is 16.3 Å². The highest BCUT2D eigenvalue weighted by molar-refractivity contribution is 7.16. The molecule has 1 atom stereocenters. The molecule has 0 bridgehead atoms. The van der Waals surface area contributed by atoms with Crippen molar-refractivity contribution < 1.29 is 0 Å². The van der Waals surface area contributed by atoms with Crippen molar-refractivity contribution in [1.29, 1.82) is 0 Å². The first-order valence-corrected chi connectivity index (χ1v) is 7.03. The van der Waals surface area contributed by atoms with Gasteiger partial charge in [0.2, 0.25) is 4.96 Å². The third-order valence-electron chi connectivity index (χ3n) is 3.34. The molecule has 4 rings (SSSR count). The van der Waals surface area contributed by atoms with E-state index in [2.05, 4.69) is 20.3 Å². The Labute approximate surface area is 113 Å². The van der Waals surface area contributed by atoms with Gasteiger partial charge >= 0.3 is 0 Å². The molecule has 0 saturated heterocycles. The van der Waals surface area contributed by atoms with E-state index in [9.17, 15) is 0 Å². The van der Waals surface area contributed by atoms with Crippen molar-refractivity contribution in [2.75, 3.05) is 0 Å². The van der Waals surface area contributed by atoms with E-state index in [4.69, 9.17) is 5.73 Å². The second-order valence-corrected chi connectivity index (χ2v) is 5.75. The average Bonchev–Trinajstić information content (AvgIpc) is 3.09. The fourth-order valence-electron chi connectivity index (χ4n) is 2.10. The molecule has 0 aromatic carbocycles. The molecule has 2 N–H and O–H groups in total. The summed E-state index contributed by atoms with van der Waals surface area (Å²) in [5, 5.41) is 13.8. The molecule has 1 aliphatic carbocycles. The summed E-state index contributed by atoms with van der Waals surface area (Å²) >= 11 is 1.52. The van der Waals surface area contributed by atoms with E-state index < -0.39 is 0 Å². The van der Waals surface area contributed by atoms with Gasteiger partial charge in [-0.15, -0.1) is 10.2 Å². The van der Waals surface area contributed by atoms with Gasteiger partial charge in [0.1, 0.15) is 5.01 Å². The monoisotopic (exact) mass is 272 g/mol. The Bertz CT molecular complexity index is 714. The minimum atomic E-state index is 0.0356. The molecule has 1 unspecified atom stereocenters. The van der Waals surface area contributed by atoms with E-state index in [1.807, 2.05) is 12.1 Å². The van der Waals surface area contributed by atoms with Crippen LogP contribution >= 0.6 is 11.3 Å². The molecule has 1 fully saturated rings. The SMILES string of the molecule is NC(c1nn2c(-c3cccnc3)nnc2s1)C1CC1. The summed E-state index contributed by atoms with van der Waals surface area (Å²) < 4.78 is 1.76. The lowest BCUT2D eigenvalue weighted by molar-refractivity contribution is 0.618. The van der Waals surface area contributed by atoms with Gasteiger partial charge in [0.25, 0.3) is 0 Å². The first-order valence-electron chi connectivity index (χ1n) is 6.21. The lowest BCUT2D eigenvalue weighted by atomic mass is 10.2. The van der Waals surface area contributed by atoms with Crippen molar-refractivity contribution in [2.24, 2.45) is 11.7 Å². The van der Waals surface area contributed by atoms with E-state index >= 15 is 0 Å². The van der Waals surface area contributed by atoms with Crippen LogP contribution in [0, 0.1) is 5.92 Å². The minimum absolute atomic E-state index is 0.0356. The molecule has 6 nitrogen and oxygen atoms in total. The Kier molecular flexibility index (Phi) is 2.36. The fraction of sp³-hybridized carbons (Fsp3) is 0.333. The summed E-state index contributed by atoms with van der Waals surface area (Å²) in [4.78, 5) is 4.88. The van der Waals surface area contributed by atoms with Gasteiger partial charge in [-0.2, -0.15) is 9.61 Å². The molecule has 0 radical (unpaired) electrons. The van der Waals surface area contributed by atoms with Crippen LogP contribution < -0.4 is 5.73 Å². The maximum absolute atomic E-state index is 6.19. The molecule has 0 spiro atoms. The standard InChI is InChI=1S/C12H12N6S/c13-9(7-3-4-7)11-17-18-10(15-16-12(18)19-11)8-2-1-5-14-6-8/h1-2,5-7,9H,3-4,13H2. The largest absolute Gasteiger partial charge is 0.322 e. The van der Waals surface area contributed by atoms with Gasteiger partial charge in [0.15, 0.2) is 5.82 Å². The molecule has 19 heavy (non-hydrogen) atoms. The highest BCUT2D eigenvalue weighted by Crippen LogP contribution is 2.40. The molecule has 3 aromatic heterocycles. The quantitative estimate of drug-likeness (QED) is 0.784. The Morgan fingerprint density at radius 1 is 1.37 bits per heavy atom. The maximum Gasteiger partial charge on any atom is 0.235 e. The number of pyridine rings is 1. The fourth-order valence-corrected chi connectivity index (χ4v) is 3.03. The zero-order valence-electron chi connectivity index (χ0n) is 10.1. The summed E-state index contributed by atoms with van der Waals surface area (Å²) in [5.41, 5.74) is 7.10. The zero-order valence-corrected chi connectivity index (χ0v) is 10.9. The molecule has 0 aliphatic heterocycles. The number of hydrogen-bond donors (Lipinski definition) is 1. The summed E-state index contributed by atoms with van der Waals surface area (Å²) in [6.45, 7) is 0. The number of aromatic nitrogens is 5. The molecule has 7 heteroatoms. The summed E-state index contributed by atoms with van der Waals surface area (Å²) in [7, 11) is 0. The van der Waals surface area contributed by atoms with Crippen LogP contribution in [-0.4, -0.2) is 24.8 Å². The highest BCUT2D eigenvalue weighted by Gasteiger charge is 2.32. The smallest absolute Gasteiger partial charge is 0.235 e. The van der Waals surface area contributed by atoms with Gasteiger partial charge in [0, 0.05) is 18.0 Å². The lowest BCUT2D eigenvalue weighted by Gasteiger charge is -2.03. The first kappa shape index (κ1) is 11.0. The van der Waals surface area contributed by atoms with Gasteiger partial charge in [-0.3, -0.25) is 4.98 Å². The van der Waals surface area contributed by atoms with Crippen LogP contribution in [0.2, 0.25) is 0 Å². The Morgan fingerprint density at radius 3 is 3.00 bits per heavy atom. The second-order valence-electron chi connectivity index (χ2n) is 4.76. The molecular weight excluding hydrogens is 260 g/mol. The summed E-state index contributed by atoms with van der Waals surface area (Å²) in [5.74, 6) is 1.30. The minimum Gasteiger partial charge on any atom is -0.322 e. The van der Waals surface area contributed by atoms with Crippen LogP contribution in [0.1, 0.15) is 23.9 Å². The predicted octanol–water partition coefficient (Wildman–Crippen LogP) is 1.66. The predicted molar refractivity (Wildman–Crippen MR) is 71.5 cm³/mol. The average molecular weight is 272 g/mol. The Balaban J connectivity index is 1.80. The van der Waals surface area contributed by atoms with Gasteiger partial charge in [-0.05, 0) is 30.9 Å². The van der Waals surface area contributed by atoms with Crippen LogP contribution in [0.3, 0.4) is 0 Å². The topological polar surface area (TPSA) is 82.0 Å². The van der Waals surface area contributed by atoms with Crippen molar-refractivity contribution in [3.05, 3.63) is 29.5 Å². The summed E-state index contributed by atoms with van der Waals surface area (Å²) in [6, 6.07) is 3.86. The molecule has 1 saturated carbocycles. The second kappa shape index (κ2) is 4.07. The van der Waals surface area contributed by atoms with Crippen molar-refractivity contribution in [1.82, 2.24) is 24.8 Å². The number of rotatable bonds is 3. The molecule has 3 aromatic rings. The van der Waals surface area contributed by atoms with Gasteiger partial charge < -0.3 is 5.73 Å². The lowest BCUT2D eigenvalue weighted by Crippen LogP contribution is -2.12. The van der Waals surface area contributed by atoms with Gasteiger partial charge in [-0.25, -0.2) is 0 Å². The van der Waals surface area contributed by atoms with Crippen molar-refractivity contribution in [3.63, 3.8) is 0 Å². The number of nitrogens with zero attached hydrogens (tertiary/aromatic N) is 5. The van der Waals surface area contributed by atoms with Crippen molar-refractivity contribution >= 4 is 16.3 Å². The molecule has 3 heterocycles. The van der Waals surface area contributed by atoms with Crippen LogP contribution in [0.15, 0.2) is 24.5 Å². The highest BCUT2D eigenvalue weighted by atomic mass is 32.1. The summed E-state index contributed by atoms with van der Waals surface area (Å²) in [6.07, 6.45) is 5.90. The number of nitrogens with two attached hydrogens (primary N) is 1. The van der Waals surface area contributed by atoms with Gasteiger partial charge in [-0.1, -0.05) is 11.3 Å². The number of fused-ring (bicyclic) bond motifs is 1. The van der Waals surface area contributed by atoms with Crippen LogP contribution in [-0.2, 0) is 0 Å². The van der Waals surface area contributed by atoms with E-state index in [0.717, 1.165) is 15.5 Å². The third-order valence-corrected chi connectivity index (χ3v) is 4.34. The first-order chi connectivity index (χ1) is 9.33. The van der Waals surface area contributed by atoms with Crippen LogP contribution in [0.4, 0.5) is 0 Å². The Morgan fingerprint density at radius 2 is 2.26 bits per heavy atom. The van der Waals surface area contributed by atoms with E-state index in [-0.39, 0.29) is 6.04 Å². The molecule has 1 aliphatic rings. The maximum atomic E-state index is 6.19. The normalized spacial score (nSPS) is 16.9. The van der Waals surface area contributed by atoms with E-state index in [1.54, 1.807) is 16.9 Å². The van der Waals surface area contributed by atoms with Crippen LogP contribution in [0.5, 0.6) is 0 Å². The zero-order chi connectivity index (χ0) is 12.8. The van der Waals surface area contributed by atoms with E-state index in [0.29, 0.717) is 11.7 Å². The van der Waals surface area contributed by atoms with Crippen molar-refractivity contribution in [3.8, 4) is 11.4 Å². The third kappa shape index (κ3) is 1.82. The molecular formula is C12H12N6S. The van der Waals surface area contributed by atoms with E-state index in [1.165, 1.54) is 24.2 Å². The van der Waals surface area contributed by atoms with Crippen molar-refractivity contribution in [2.45, 2.75) is 18.9 Å².